The third-order valence-electron chi connectivity index (χ3n) is 2.13. The quantitative estimate of drug-likeness (QED) is 0.625. The summed E-state index contributed by atoms with van der Waals surface area (Å²) in [4.78, 5) is 2.29. The zero-order valence-corrected chi connectivity index (χ0v) is 14.8. The highest BCUT2D eigenvalue weighted by molar-refractivity contribution is 8.55. The van der Waals surface area contributed by atoms with E-state index in [1.165, 1.54) is 11.4 Å². The molecule has 0 aliphatic heterocycles. The lowest BCUT2D eigenvalue weighted by molar-refractivity contribution is 0.236. The second kappa shape index (κ2) is 14.8. The van der Waals surface area contributed by atoms with Gasteiger partial charge in [-0.05, 0) is 44.9 Å². The molecule has 0 bridgehead atoms. The molecule has 7 heteroatoms. The molecule has 5 nitrogen and oxygen atoms in total. The van der Waals surface area contributed by atoms with Crippen molar-refractivity contribution < 1.29 is 13.6 Å². The van der Waals surface area contributed by atoms with Crippen LogP contribution in [0.15, 0.2) is 0 Å². The van der Waals surface area contributed by atoms with E-state index in [1.54, 1.807) is 0 Å². The molecule has 0 aromatic rings. The fraction of sp³-hybridized carbons (Fsp3) is 1.00. The molecule has 0 heterocycles. The Labute approximate surface area is 122 Å². The van der Waals surface area contributed by atoms with Gasteiger partial charge in [-0.1, -0.05) is 20.8 Å². The van der Waals surface area contributed by atoms with E-state index >= 15 is 0 Å². The normalized spacial score (nSPS) is 11.3. The molecular weight excluding hydrogens is 283 g/mol. The summed E-state index contributed by atoms with van der Waals surface area (Å²) in [6.07, 6.45) is 0. The lowest BCUT2D eigenvalue weighted by Gasteiger charge is -2.20. The minimum Gasteiger partial charge on any atom is -0.331 e. The molecule has 0 amide bonds. The van der Waals surface area contributed by atoms with E-state index in [9.17, 15) is 4.57 Å². The van der Waals surface area contributed by atoms with Gasteiger partial charge in [-0.3, -0.25) is 0 Å². The molecule has 2 N–H and O–H groups in total. The highest BCUT2D eigenvalue weighted by Crippen LogP contribution is 2.60. The lowest BCUT2D eigenvalue weighted by Crippen LogP contribution is -2.25. The van der Waals surface area contributed by atoms with Crippen molar-refractivity contribution >= 4 is 18.2 Å². The summed E-state index contributed by atoms with van der Waals surface area (Å²) in [5.41, 5.74) is 4.85. The monoisotopic (exact) mass is 314 g/mol. The van der Waals surface area contributed by atoms with Gasteiger partial charge in [0.15, 0.2) is 0 Å². The van der Waals surface area contributed by atoms with Gasteiger partial charge >= 0.3 is 6.80 Å². The Kier molecular flexibility index (Phi) is 16.9. The molecule has 0 saturated carbocycles. The number of nitrogens with zero attached hydrogens (tertiary/aromatic N) is 1. The summed E-state index contributed by atoms with van der Waals surface area (Å²) in [6.45, 7) is 11.5. The standard InChI is InChI=1S/C10H24NO3PS.C2H7N/c1-5-11(6-2)9-10-16-15(12,13-7-3)14-8-4;1-2-3/h5-10H2,1-4H3;2-3H2,1H3. The largest absolute Gasteiger partial charge is 0.389 e. The fourth-order valence-electron chi connectivity index (χ4n) is 1.25. The van der Waals surface area contributed by atoms with Gasteiger partial charge < -0.3 is 19.7 Å². The van der Waals surface area contributed by atoms with Crippen LogP contribution < -0.4 is 5.73 Å². The summed E-state index contributed by atoms with van der Waals surface area (Å²) in [5, 5.41) is 0. The molecule has 0 aliphatic rings. The first kappa shape index (κ1) is 21.7. The van der Waals surface area contributed by atoms with Gasteiger partial charge in [-0.15, -0.1) is 0 Å². The van der Waals surface area contributed by atoms with Gasteiger partial charge in [0.25, 0.3) is 0 Å². The molecule has 0 fully saturated rings. The molecule has 0 saturated heterocycles. The molecular formula is C12H31N2O3PS. The van der Waals surface area contributed by atoms with Crippen molar-refractivity contribution in [3.8, 4) is 0 Å². The molecule has 118 valence electrons. The smallest absolute Gasteiger partial charge is 0.331 e. The van der Waals surface area contributed by atoms with Crippen molar-refractivity contribution in [2.24, 2.45) is 5.73 Å². The van der Waals surface area contributed by atoms with Gasteiger partial charge in [0.2, 0.25) is 0 Å². The summed E-state index contributed by atoms with van der Waals surface area (Å²) in [7, 11) is 0. The van der Waals surface area contributed by atoms with Crippen LogP contribution in [0.3, 0.4) is 0 Å². The summed E-state index contributed by atoms with van der Waals surface area (Å²) in [6, 6.07) is 0. The van der Waals surface area contributed by atoms with Gasteiger partial charge in [0.1, 0.15) is 0 Å². The number of rotatable bonds is 10. The lowest BCUT2D eigenvalue weighted by atomic mass is 10.5. The maximum Gasteiger partial charge on any atom is 0.389 e. The third-order valence-corrected chi connectivity index (χ3v) is 6.08. The zero-order valence-electron chi connectivity index (χ0n) is 13.1. The molecule has 0 radical (unpaired) electrons. The SMILES string of the molecule is CCN.CCOP(=O)(OCC)SCCN(CC)CC. The van der Waals surface area contributed by atoms with E-state index in [0.29, 0.717) is 13.2 Å². The molecule has 0 spiro atoms. The minimum atomic E-state index is -2.91. The first-order valence-corrected chi connectivity index (χ1v) is 10.1. The Bertz CT molecular complexity index is 219. The van der Waals surface area contributed by atoms with Crippen LogP contribution in [0, 0.1) is 0 Å². The van der Waals surface area contributed by atoms with E-state index < -0.39 is 6.80 Å². The van der Waals surface area contributed by atoms with Crippen LogP contribution in [0.5, 0.6) is 0 Å². The van der Waals surface area contributed by atoms with Crippen molar-refractivity contribution in [3.05, 3.63) is 0 Å². The third kappa shape index (κ3) is 13.2. The van der Waals surface area contributed by atoms with Gasteiger partial charge in [0.05, 0.1) is 13.2 Å². The second-order valence-electron chi connectivity index (χ2n) is 3.55. The first-order chi connectivity index (χ1) is 9.03. The van der Waals surface area contributed by atoms with Gasteiger partial charge in [0, 0.05) is 12.3 Å². The molecule has 0 atom stereocenters. The van der Waals surface area contributed by atoms with E-state index in [-0.39, 0.29) is 0 Å². The Hall–Kier alpha value is 0.420. The molecule has 0 unspecified atom stereocenters. The van der Waals surface area contributed by atoms with Gasteiger partial charge in [-0.25, -0.2) is 4.57 Å². The van der Waals surface area contributed by atoms with Crippen molar-refractivity contribution in [2.45, 2.75) is 34.6 Å². The maximum absolute atomic E-state index is 12.1. The number of hydrogen-bond acceptors (Lipinski definition) is 6. The predicted molar refractivity (Wildman–Crippen MR) is 85.8 cm³/mol. The summed E-state index contributed by atoms with van der Waals surface area (Å²) < 4.78 is 22.5. The number of hydrogen-bond donors (Lipinski definition) is 1. The highest BCUT2D eigenvalue weighted by Gasteiger charge is 2.24. The fourth-order valence-corrected chi connectivity index (χ4v) is 4.66. The molecule has 19 heavy (non-hydrogen) atoms. The van der Waals surface area contributed by atoms with Crippen LogP contribution in [0.25, 0.3) is 0 Å². The summed E-state index contributed by atoms with van der Waals surface area (Å²) in [5.74, 6) is 0.777. The Morgan fingerprint density at radius 2 is 1.47 bits per heavy atom. The Morgan fingerprint density at radius 3 is 1.79 bits per heavy atom. The van der Waals surface area contributed by atoms with Crippen LogP contribution in [-0.4, -0.2) is 50.0 Å². The highest BCUT2D eigenvalue weighted by atomic mass is 32.7. The average Bonchev–Trinajstić information content (AvgIpc) is 2.36. The van der Waals surface area contributed by atoms with Crippen molar-refractivity contribution in [1.29, 1.82) is 0 Å². The zero-order chi connectivity index (χ0) is 15.1. The average molecular weight is 314 g/mol. The molecule has 0 aromatic carbocycles. The van der Waals surface area contributed by atoms with Crippen LogP contribution >= 0.6 is 18.2 Å². The van der Waals surface area contributed by atoms with Gasteiger partial charge in [-0.2, -0.15) is 0 Å². The van der Waals surface area contributed by atoms with E-state index in [2.05, 4.69) is 18.7 Å². The molecule has 0 aromatic heterocycles. The molecule has 0 rings (SSSR count). The van der Waals surface area contributed by atoms with Crippen LogP contribution in [0.1, 0.15) is 34.6 Å². The second-order valence-corrected chi connectivity index (χ2v) is 7.74. The molecule has 0 aliphatic carbocycles. The summed E-state index contributed by atoms with van der Waals surface area (Å²) >= 11 is 1.30. The minimum absolute atomic E-state index is 0.426. The van der Waals surface area contributed by atoms with Crippen molar-refractivity contribution in [1.82, 2.24) is 4.90 Å². The Morgan fingerprint density at radius 1 is 1.05 bits per heavy atom. The van der Waals surface area contributed by atoms with Crippen molar-refractivity contribution in [3.63, 3.8) is 0 Å². The predicted octanol–water partition coefficient (Wildman–Crippen LogP) is 3.21. The van der Waals surface area contributed by atoms with Crippen LogP contribution in [0.4, 0.5) is 0 Å². The maximum atomic E-state index is 12.1. The van der Waals surface area contributed by atoms with E-state index in [1.807, 2.05) is 20.8 Å². The van der Waals surface area contributed by atoms with E-state index in [0.717, 1.165) is 31.9 Å². The van der Waals surface area contributed by atoms with Crippen LogP contribution in [0.2, 0.25) is 0 Å². The number of nitrogens with two attached hydrogens (primary N) is 1. The van der Waals surface area contributed by atoms with E-state index in [4.69, 9.17) is 14.8 Å². The van der Waals surface area contributed by atoms with Crippen LogP contribution in [-0.2, 0) is 13.6 Å². The Balaban J connectivity index is 0. The first-order valence-electron chi connectivity index (χ1n) is 6.99. The van der Waals surface area contributed by atoms with Crippen molar-refractivity contribution in [2.75, 3.05) is 45.1 Å². The topological polar surface area (TPSA) is 64.8 Å².